The van der Waals surface area contributed by atoms with Gasteiger partial charge in [0.15, 0.2) is 0 Å². The number of nitrogens with zero attached hydrogens (tertiary/aromatic N) is 1. The van der Waals surface area contributed by atoms with Crippen molar-refractivity contribution in [3.8, 4) is 0 Å². The fourth-order valence-electron chi connectivity index (χ4n) is 2.98. The molecule has 18 heavy (non-hydrogen) atoms. The van der Waals surface area contributed by atoms with Gasteiger partial charge in [0, 0.05) is 19.1 Å². The number of aliphatic hydroxyl groups excluding tert-OH is 1. The van der Waals surface area contributed by atoms with E-state index in [0.29, 0.717) is 13.1 Å². The first-order valence-electron chi connectivity index (χ1n) is 6.95. The maximum Gasteiger partial charge on any atom is 0.279 e. The average molecular weight is 276 g/mol. The van der Waals surface area contributed by atoms with Crippen LogP contribution in [-0.2, 0) is 10.2 Å². The Morgan fingerprint density at radius 3 is 2.61 bits per heavy atom. The molecule has 2 fully saturated rings. The molecule has 1 heterocycles. The first-order valence-corrected chi connectivity index (χ1v) is 8.39. The highest BCUT2D eigenvalue weighted by atomic mass is 32.2. The molecule has 0 radical (unpaired) electrons. The third-order valence-electron chi connectivity index (χ3n) is 4.20. The lowest BCUT2D eigenvalue weighted by Crippen LogP contribution is -2.49. The van der Waals surface area contributed by atoms with E-state index in [1.54, 1.807) is 4.31 Å². The smallest absolute Gasteiger partial charge is 0.279 e. The van der Waals surface area contributed by atoms with Crippen molar-refractivity contribution in [2.45, 2.75) is 57.6 Å². The molecule has 0 amide bonds. The van der Waals surface area contributed by atoms with Crippen molar-refractivity contribution in [2.75, 3.05) is 13.1 Å². The number of nitrogens with one attached hydrogen (secondary N) is 1. The fraction of sp³-hybridized carbons (Fsp3) is 1.00. The SMILES string of the molecule is CC1CCCCN1S(=O)(=O)NCC1CCCC1O. The zero-order valence-corrected chi connectivity index (χ0v) is 11.8. The predicted molar refractivity (Wildman–Crippen MR) is 70.3 cm³/mol. The standard InChI is InChI=1S/C12H24N2O3S/c1-10-5-2-3-8-14(10)18(16,17)13-9-11-6-4-7-12(11)15/h10-13,15H,2-9H2,1H3. The van der Waals surface area contributed by atoms with Crippen LogP contribution in [0.3, 0.4) is 0 Å². The zero-order chi connectivity index (χ0) is 13.2. The third-order valence-corrected chi connectivity index (χ3v) is 5.89. The van der Waals surface area contributed by atoms with Gasteiger partial charge in [-0.1, -0.05) is 12.8 Å². The molecule has 1 aliphatic carbocycles. The first kappa shape index (κ1) is 14.2. The molecule has 2 aliphatic rings. The lowest BCUT2D eigenvalue weighted by atomic mass is 10.1. The van der Waals surface area contributed by atoms with E-state index < -0.39 is 10.2 Å². The quantitative estimate of drug-likeness (QED) is 0.800. The minimum Gasteiger partial charge on any atom is -0.393 e. The van der Waals surface area contributed by atoms with Gasteiger partial charge in [0.2, 0.25) is 0 Å². The molecule has 1 saturated heterocycles. The Morgan fingerprint density at radius 1 is 1.22 bits per heavy atom. The second-order valence-corrected chi connectivity index (χ2v) is 7.28. The van der Waals surface area contributed by atoms with Crippen molar-refractivity contribution < 1.29 is 13.5 Å². The lowest BCUT2D eigenvalue weighted by molar-refractivity contribution is 0.134. The normalized spacial score (nSPS) is 34.9. The minimum absolute atomic E-state index is 0.0832. The van der Waals surface area contributed by atoms with Crippen molar-refractivity contribution in [1.29, 1.82) is 0 Å². The summed E-state index contributed by atoms with van der Waals surface area (Å²) in [7, 11) is -3.37. The Hall–Kier alpha value is -0.170. The summed E-state index contributed by atoms with van der Waals surface area (Å²) in [5, 5.41) is 9.70. The lowest BCUT2D eigenvalue weighted by Gasteiger charge is -2.32. The number of hydrogen-bond acceptors (Lipinski definition) is 3. The summed E-state index contributed by atoms with van der Waals surface area (Å²) in [6, 6.07) is 0.0877. The highest BCUT2D eigenvalue weighted by molar-refractivity contribution is 7.87. The van der Waals surface area contributed by atoms with Gasteiger partial charge in [-0.25, -0.2) is 4.72 Å². The highest BCUT2D eigenvalue weighted by Gasteiger charge is 2.31. The van der Waals surface area contributed by atoms with Gasteiger partial charge in [0.05, 0.1) is 6.10 Å². The molecule has 2 rings (SSSR count). The topological polar surface area (TPSA) is 69.6 Å². The highest BCUT2D eigenvalue weighted by Crippen LogP contribution is 2.25. The van der Waals surface area contributed by atoms with Gasteiger partial charge in [-0.05, 0) is 38.5 Å². The van der Waals surface area contributed by atoms with Crippen LogP contribution in [-0.4, -0.2) is 43.1 Å². The summed E-state index contributed by atoms with van der Waals surface area (Å²) in [5.74, 6) is 0.0832. The monoisotopic (exact) mass is 276 g/mol. The molecule has 3 atom stereocenters. The van der Waals surface area contributed by atoms with Crippen LogP contribution in [0.4, 0.5) is 0 Å². The zero-order valence-electron chi connectivity index (χ0n) is 11.0. The van der Waals surface area contributed by atoms with Crippen LogP contribution in [0.1, 0.15) is 45.4 Å². The van der Waals surface area contributed by atoms with Gasteiger partial charge in [-0.3, -0.25) is 0 Å². The van der Waals surface area contributed by atoms with Crippen molar-refractivity contribution >= 4 is 10.2 Å². The Kier molecular flexibility index (Phi) is 4.64. The number of piperidine rings is 1. The van der Waals surface area contributed by atoms with E-state index in [4.69, 9.17) is 0 Å². The van der Waals surface area contributed by atoms with Crippen LogP contribution in [0.5, 0.6) is 0 Å². The van der Waals surface area contributed by atoms with Gasteiger partial charge in [-0.15, -0.1) is 0 Å². The molecular formula is C12H24N2O3S. The molecule has 0 spiro atoms. The van der Waals surface area contributed by atoms with Gasteiger partial charge >= 0.3 is 0 Å². The Labute approximate surface area is 110 Å². The third kappa shape index (κ3) is 3.23. The summed E-state index contributed by atoms with van der Waals surface area (Å²) in [6.07, 6.45) is 5.35. The Bertz CT molecular complexity index is 372. The molecule has 1 saturated carbocycles. The molecule has 0 aromatic rings. The van der Waals surface area contributed by atoms with E-state index in [1.165, 1.54) is 0 Å². The average Bonchev–Trinajstić information content (AvgIpc) is 2.73. The van der Waals surface area contributed by atoms with E-state index in [9.17, 15) is 13.5 Å². The maximum atomic E-state index is 12.2. The van der Waals surface area contributed by atoms with E-state index in [0.717, 1.165) is 38.5 Å². The first-order chi connectivity index (χ1) is 8.50. The van der Waals surface area contributed by atoms with Crippen LogP contribution < -0.4 is 4.72 Å². The maximum absolute atomic E-state index is 12.2. The van der Waals surface area contributed by atoms with Gasteiger partial charge in [0.25, 0.3) is 10.2 Å². The van der Waals surface area contributed by atoms with Crippen molar-refractivity contribution in [1.82, 2.24) is 9.03 Å². The summed E-state index contributed by atoms with van der Waals surface area (Å²) in [5.41, 5.74) is 0. The Morgan fingerprint density at radius 2 is 2.00 bits per heavy atom. The van der Waals surface area contributed by atoms with Crippen LogP contribution in [0, 0.1) is 5.92 Å². The number of rotatable bonds is 4. The summed E-state index contributed by atoms with van der Waals surface area (Å²) in [4.78, 5) is 0. The van der Waals surface area contributed by atoms with Gasteiger partial charge in [0.1, 0.15) is 0 Å². The molecule has 0 aromatic carbocycles. The second kappa shape index (κ2) is 5.86. The molecule has 0 aromatic heterocycles. The molecule has 0 bridgehead atoms. The van der Waals surface area contributed by atoms with Crippen molar-refractivity contribution in [3.63, 3.8) is 0 Å². The molecular weight excluding hydrogens is 252 g/mol. The largest absolute Gasteiger partial charge is 0.393 e. The molecule has 1 aliphatic heterocycles. The van der Waals surface area contributed by atoms with Crippen molar-refractivity contribution in [2.24, 2.45) is 5.92 Å². The van der Waals surface area contributed by atoms with E-state index in [-0.39, 0.29) is 18.1 Å². The molecule has 106 valence electrons. The van der Waals surface area contributed by atoms with E-state index in [2.05, 4.69) is 4.72 Å². The van der Waals surface area contributed by atoms with E-state index >= 15 is 0 Å². The predicted octanol–water partition coefficient (Wildman–Crippen LogP) is 0.856. The fourth-order valence-corrected chi connectivity index (χ4v) is 4.52. The van der Waals surface area contributed by atoms with Crippen LogP contribution in [0.2, 0.25) is 0 Å². The summed E-state index contributed by atoms with van der Waals surface area (Å²) >= 11 is 0. The van der Waals surface area contributed by atoms with E-state index in [1.807, 2.05) is 6.92 Å². The summed E-state index contributed by atoms with van der Waals surface area (Å²) in [6.45, 7) is 2.94. The molecule has 3 unspecified atom stereocenters. The molecule has 2 N–H and O–H groups in total. The van der Waals surface area contributed by atoms with Crippen LogP contribution in [0.15, 0.2) is 0 Å². The van der Waals surface area contributed by atoms with Crippen molar-refractivity contribution in [3.05, 3.63) is 0 Å². The molecule has 6 heteroatoms. The minimum atomic E-state index is -3.37. The summed E-state index contributed by atoms with van der Waals surface area (Å²) < 4.78 is 28.6. The number of aliphatic hydroxyl groups is 1. The Balaban J connectivity index is 1.90. The number of hydrogen-bond donors (Lipinski definition) is 2. The van der Waals surface area contributed by atoms with Crippen LogP contribution in [0.25, 0.3) is 0 Å². The molecule has 5 nitrogen and oxygen atoms in total. The van der Waals surface area contributed by atoms with Gasteiger partial charge < -0.3 is 5.11 Å². The van der Waals surface area contributed by atoms with Crippen LogP contribution >= 0.6 is 0 Å². The second-order valence-electron chi connectivity index (χ2n) is 5.57. The van der Waals surface area contributed by atoms with Gasteiger partial charge in [-0.2, -0.15) is 12.7 Å².